The van der Waals surface area contributed by atoms with Gasteiger partial charge in [-0.25, -0.2) is 9.97 Å². The molecule has 4 aromatic carbocycles. The third-order valence-electron chi connectivity index (χ3n) is 9.50. The number of amides is 1. The Morgan fingerprint density at radius 2 is 1.54 bits per heavy atom. The zero-order valence-electron chi connectivity index (χ0n) is 28.9. The smallest absolute Gasteiger partial charge is 0.245 e. The number of hydrogen-bond acceptors (Lipinski definition) is 7. The Morgan fingerprint density at radius 3 is 2.24 bits per heavy atom. The van der Waals surface area contributed by atoms with Crippen LogP contribution in [0.3, 0.4) is 0 Å². The molecule has 50 heavy (non-hydrogen) atoms. The molecule has 7 rings (SSSR count). The van der Waals surface area contributed by atoms with Gasteiger partial charge in [-0.1, -0.05) is 72.8 Å². The summed E-state index contributed by atoms with van der Waals surface area (Å²) in [6.45, 7) is 0.697. The Hall–Kier alpha value is -5.38. The lowest BCUT2D eigenvalue weighted by Crippen LogP contribution is -2.40. The van der Waals surface area contributed by atoms with Crippen LogP contribution >= 0.6 is 0 Å². The number of benzene rings is 4. The fraction of sp³-hybridized carbons (Fsp3) is 0.268. The summed E-state index contributed by atoms with van der Waals surface area (Å²) in [6.07, 6.45) is 3.80. The molecule has 3 atom stereocenters. The molecule has 0 radical (unpaired) electrons. The molecule has 1 aliphatic rings. The molecule has 9 nitrogen and oxygen atoms in total. The van der Waals surface area contributed by atoms with E-state index in [2.05, 4.69) is 9.97 Å². The summed E-state index contributed by atoms with van der Waals surface area (Å²) in [6, 6.07) is 32.8. The van der Waals surface area contributed by atoms with Gasteiger partial charge in [-0.2, -0.15) is 0 Å². The quantitative estimate of drug-likeness (QED) is 0.155. The molecule has 1 N–H and O–H groups in total. The van der Waals surface area contributed by atoms with Crippen LogP contribution in [0.25, 0.3) is 33.8 Å². The monoisotopic (exact) mass is 666 g/mol. The molecule has 0 unspecified atom stereocenters. The number of likely N-dealkylation sites (N-methyl/N-ethyl adjacent to an activating group) is 2. The number of H-pyrrole nitrogens is 1. The number of fused-ring (bicyclic) bond motifs is 1. The van der Waals surface area contributed by atoms with Crippen molar-refractivity contribution in [3.8, 4) is 22.8 Å². The zero-order chi connectivity index (χ0) is 34.8. The Balaban J connectivity index is 1.09. The highest BCUT2D eigenvalue weighted by molar-refractivity contribution is 5.87. The average molecular weight is 667 g/mol. The van der Waals surface area contributed by atoms with Crippen LogP contribution in [0, 0.1) is 0 Å². The number of nitrogens with zero attached hydrogens (tertiary/aromatic N) is 5. The SMILES string of the molecule is CN(C)[C@@H](C(=O)Cc1cccc(-c2ncc(-c3ccc4nc([C@@H]5CCCN5C(=O)[C@@H](c5ccccc5)N(C)C)[nH]c4c3)o2)c1)c1ccccc1. The minimum absolute atomic E-state index is 0.0844. The maximum atomic E-state index is 13.9. The third-order valence-corrected chi connectivity index (χ3v) is 9.50. The van der Waals surface area contributed by atoms with E-state index in [0.29, 0.717) is 24.6 Å². The summed E-state index contributed by atoms with van der Waals surface area (Å²) in [5.74, 6) is 2.12. The van der Waals surface area contributed by atoms with E-state index in [1.165, 1.54) is 0 Å². The number of oxazole rings is 1. The van der Waals surface area contributed by atoms with Crippen molar-refractivity contribution in [2.75, 3.05) is 34.7 Å². The molecule has 0 aliphatic carbocycles. The second kappa shape index (κ2) is 14.2. The number of nitrogens with one attached hydrogen (secondary N) is 1. The first-order valence-corrected chi connectivity index (χ1v) is 17.1. The van der Waals surface area contributed by atoms with Gasteiger partial charge in [0.25, 0.3) is 0 Å². The molecule has 1 amide bonds. The number of Topliss-reactive ketones (excluding diaryl/α,β-unsaturated/α-hetero) is 1. The molecular formula is C41H42N6O3. The molecule has 1 saturated heterocycles. The van der Waals surface area contributed by atoms with Gasteiger partial charge in [0, 0.05) is 24.1 Å². The van der Waals surface area contributed by atoms with Crippen molar-refractivity contribution < 1.29 is 14.0 Å². The number of carbonyl (C=O) groups is 2. The highest BCUT2D eigenvalue weighted by Gasteiger charge is 2.37. The van der Waals surface area contributed by atoms with Crippen LogP contribution in [-0.4, -0.2) is 76.1 Å². The molecule has 0 spiro atoms. The number of likely N-dealkylation sites (tertiary alicyclic amines) is 1. The van der Waals surface area contributed by atoms with E-state index in [4.69, 9.17) is 9.40 Å². The Kier molecular flexibility index (Phi) is 9.43. The molecule has 3 heterocycles. The second-order valence-corrected chi connectivity index (χ2v) is 13.5. The van der Waals surface area contributed by atoms with Crippen LogP contribution in [0.15, 0.2) is 114 Å². The summed E-state index contributed by atoms with van der Waals surface area (Å²) in [5, 5.41) is 0. The van der Waals surface area contributed by atoms with Crippen LogP contribution in [0.4, 0.5) is 0 Å². The lowest BCUT2D eigenvalue weighted by Gasteiger charge is -2.31. The standard InChI is InChI=1S/C41H42N6O3/c1-45(2)37(28-14-7-5-8-15-28)35(48)24-27-13-11-18-31(23-27)40-42-26-36(50-40)30-20-21-32-33(25-30)44-39(43-32)34-19-12-22-47(34)41(49)38(46(3)4)29-16-9-6-10-17-29/h5-11,13-18,20-21,23,25-26,34,37-38H,12,19,22,24H2,1-4H3,(H,43,44)/t34-,37+,38+/m0/s1. The maximum absolute atomic E-state index is 13.9. The Morgan fingerprint density at radius 1 is 0.840 bits per heavy atom. The Labute approximate surface area is 292 Å². The van der Waals surface area contributed by atoms with E-state index in [-0.39, 0.29) is 29.8 Å². The molecule has 254 valence electrons. The van der Waals surface area contributed by atoms with Gasteiger partial charge in [-0.3, -0.25) is 19.4 Å². The Bertz CT molecular complexity index is 2100. The molecule has 1 aliphatic heterocycles. The number of carbonyl (C=O) groups excluding carboxylic acids is 2. The molecule has 9 heteroatoms. The highest BCUT2D eigenvalue weighted by atomic mass is 16.4. The first-order valence-electron chi connectivity index (χ1n) is 17.1. The van der Waals surface area contributed by atoms with Gasteiger partial charge >= 0.3 is 0 Å². The van der Waals surface area contributed by atoms with E-state index >= 15 is 0 Å². The topological polar surface area (TPSA) is 98.6 Å². The predicted octanol–water partition coefficient (Wildman–Crippen LogP) is 7.27. The first-order chi connectivity index (χ1) is 24.3. The van der Waals surface area contributed by atoms with E-state index in [1.807, 2.05) is 146 Å². The fourth-order valence-corrected chi connectivity index (χ4v) is 7.17. The van der Waals surface area contributed by atoms with Crippen molar-refractivity contribution in [1.29, 1.82) is 0 Å². The molecular weight excluding hydrogens is 624 g/mol. The molecule has 6 aromatic rings. The summed E-state index contributed by atoms with van der Waals surface area (Å²) < 4.78 is 6.27. The highest BCUT2D eigenvalue weighted by Crippen LogP contribution is 2.36. The van der Waals surface area contributed by atoms with Gasteiger partial charge in [-0.05, 0) is 88.1 Å². The van der Waals surface area contributed by atoms with Gasteiger partial charge < -0.3 is 14.3 Å². The molecule has 1 fully saturated rings. The summed E-state index contributed by atoms with van der Waals surface area (Å²) in [4.78, 5) is 46.3. The number of aromatic nitrogens is 3. The number of imidazole rings is 1. The van der Waals surface area contributed by atoms with E-state index < -0.39 is 0 Å². The number of hydrogen-bond donors (Lipinski definition) is 1. The largest absolute Gasteiger partial charge is 0.436 e. The number of aromatic amines is 1. The van der Waals surface area contributed by atoms with Crippen LogP contribution in [0.1, 0.15) is 53.5 Å². The van der Waals surface area contributed by atoms with Crippen LogP contribution in [0.5, 0.6) is 0 Å². The molecule has 2 aromatic heterocycles. The van der Waals surface area contributed by atoms with Gasteiger partial charge in [0.15, 0.2) is 11.5 Å². The van der Waals surface area contributed by atoms with Crippen molar-refractivity contribution in [2.24, 2.45) is 0 Å². The molecule has 0 bridgehead atoms. The number of rotatable bonds is 11. The maximum Gasteiger partial charge on any atom is 0.245 e. The fourth-order valence-electron chi connectivity index (χ4n) is 7.17. The van der Waals surface area contributed by atoms with Crippen molar-refractivity contribution in [1.82, 2.24) is 29.7 Å². The van der Waals surface area contributed by atoms with Crippen molar-refractivity contribution >= 4 is 22.7 Å². The zero-order valence-corrected chi connectivity index (χ0v) is 28.9. The lowest BCUT2D eigenvalue weighted by atomic mass is 9.96. The minimum atomic E-state index is -0.362. The summed E-state index contributed by atoms with van der Waals surface area (Å²) in [7, 11) is 7.76. The van der Waals surface area contributed by atoms with Gasteiger partial charge in [0.2, 0.25) is 11.8 Å². The molecule has 0 saturated carbocycles. The third kappa shape index (κ3) is 6.75. The van der Waals surface area contributed by atoms with E-state index in [1.54, 1.807) is 6.20 Å². The van der Waals surface area contributed by atoms with Crippen molar-refractivity contribution in [3.63, 3.8) is 0 Å². The summed E-state index contributed by atoms with van der Waals surface area (Å²) in [5.41, 5.74) is 6.25. The summed E-state index contributed by atoms with van der Waals surface area (Å²) >= 11 is 0. The van der Waals surface area contributed by atoms with E-state index in [0.717, 1.165) is 57.5 Å². The van der Waals surface area contributed by atoms with Crippen LogP contribution in [-0.2, 0) is 16.0 Å². The van der Waals surface area contributed by atoms with Crippen LogP contribution in [0.2, 0.25) is 0 Å². The lowest BCUT2D eigenvalue weighted by molar-refractivity contribution is -0.137. The van der Waals surface area contributed by atoms with Crippen LogP contribution < -0.4 is 0 Å². The first kappa shape index (κ1) is 33.1. The second-order valence-electron chi connectivity index (χ2n) is 13.5. The normalized spacial score (nSPS) is 16.0. The number of ketones is 1. The van der Waals surface area contributed by atoms with Gasteiger partial charge in [-0.15, -0.1) is 0 Å². The van der Waals surface area contributed by atoms with Crippen molar-refractivity contribution in [2.45, 2.75) is 37.4 Å². The predicted molar refractivity (Wildman–Crippen MR) is 195 cm³/mol. The minimum Gasteiger partial charge on any atom is -0.436 e. The average Bonchev–Trinajstić information content (AvgIpc) is 3.89. The van der Waals surface area contributed by atoms with E-state index in [9.17, 15) is 9.59 Å². The van der Waals surface area contributed by atoms with Gasteiger partial charge in [0.05, 0.1) is 29.3 Å². The van der Waals surface area contributed by atoms with Gasteiger partial charge in [0.1, 0.15) is 11.9 Å². The van der Waals surface area contributed by atoms with Crippen molar-refractivity contribution in [3.05, 3.63) is 132 Å².